The van der Waals surface area contributed by atoms with Crippen molar-refractivity contribution in [1.29, 1.82) is 0 Å². The molecule has 13 heteroatoms. The van der Waals surface area contributed by atoms with Crippen LogP contribution >= 0.6 is 7.82 Å². The van der Waals surface area contributed by atoms with Crippen molar-refractivity contribution < 1.29 is 43.3 Å². The van der Waals surface area contributed by atoms with Gasteiger partial charge in [0.05, 0.1) is 6.26 Å². The number of nitrogens with two attached hydrogens (primary N) is 1. The summed E-state index contributed by atoms with van der Waals surface area (Å²) in [6.45, 7) is 1.19. The first-order valence-electron chi connectivity index (χ1n) is 6.99. The number of aromatic nitrogens is 2. The number of furan rings is 1. The van der Waals surface area contributed by atoms with Crippen LogP contribution < -0.4 is 5.73 Å². The van der Waals surface area contributed by atoms with Gasteiger partial charge in [-0.1, -0.05) is 0 Å². The molecule has 3 heterocycles. The lowest BCUT2D eigenvalue weighted by molar-refractivity contribution is -0.154. The minimum atomic E-state index is -5.05. The number of aliphatic hydroxyl groups excluding tert-OH is 2. The Balaban J connectivity index is 1.94. The average Bonchev–Trinajstić information content (AvgIpc) is 3.01. The number of anilines is 1. The summed E-state index contributed by atoms with van der Waals surface area (Å²) >= 11 is 0. The zero-order valence-electron chi connectivity index (χ0n) is 12.8. The molecule has 2 unspecified atom stereocenters. The molecule has 0 spiro atoms. The van der Waals surface area contributed by atoms with E-state index in [2.05, 4.69) is 14.5 Å². The molecule has 3 rings (SSSR count). The zero-order chi connectivity index (χ0) is 18.6. The average molecular weight is 377 g/mol. The van der Waals surface area contributed by atoms with Crippen molar-refractivity contribution in [2.75, 3.05) is 5.73 Å². The molecule has 1 aliphatic rings. The van der Waals surface area contributed by atoms with Crippen molar-refractivity contribution in [3.63, 3.8) is 0 Å². The van der Waals surface area contributed by atoms with Gasteiger partial charge in [0.25, 0.3) is 0 Å². The third kappa shape index (κ3) is 3.26. The maximum atomic E-state index is 10.8. The molecule has 0 bridgehead atoms. The van der Waals surface area contributed by atoms with E-state index in [4.69, 9.17) is 24.7 Å². The predicted molar refractivity (Wildman–Crippen MR) is 79.6 cm³/mol. The molecule has 5 atom stereocenters. The highest BCUT2D eigenvalue weighted by Crippen LogP contribution is 2.45. The zero-order valence-corrected chi connectivity index (χ0v) is 13.6. The summed E-state index contributed by atoms with van der Waals surface area (Å²) in [7, 11) is -5.05. The van der Waals surface area contributed by atoms with E-state index in [-0.39, 0.29) is 17.2 Å². The molecular formula is C12H16N3O9P. The second-order valence-electron chi connectivity index (χ2n) is 5.74. The van der Waals surface area contributed by atoms with Crippen LogP contribution in [0, 0.1) is 0 Å². The third-order valence-corrected chi connectivity index (χ3v) is 4.33. The smallest absolute Gasteiger partial charge is 0.459 e. The Bertz CT molecular complexity index is 834. The van der Waals surface area contributed by atoms with Crippen molar-refractivity contribution in [3.8, 4) is 0 Å². The molecule has 12 nitrogen and oxygen atoms in total. The molecule has 0 aromatic carbocycles. The number of hydrogen-bond acceptors (Lipinski definition) is 10. The molecular weight excluding hydrogens is 361 g/mol. The number of ether oxygens (including phenoxy) is 1. The SMILES string of the molecule is C[C@]1(O)C(c2nc(N)c3occc3n2)O[C@H](C(O)OP(=O)(O)O)[C@H]1O. The van der Waals surface area contributed by atoms with E-state index in [0.29, 0.717) is 5.52 Å². The summed E-state index contributed by atoms with van der Waals surface area (Å²) in [4.78, 5) is 25.6. The fourth-order valence-electron chi connectivity index (χ4n) is 2.63. The Morgan fingerprint density at radius 3 is 2.76 bits per heavy atom. The Hall–Kier alpha value is -1.63. The van der Waals surface area contributed by atoms with Crippen LogP contribution in [0.15, 0.2) is 16.7 Å². The van der Waals surface area contributed by atoms with Crippen molar-refractivity contribution >= 4 is 24.7 Å². The summed E-state index contributed by atoms with van der Waals surface area (Å²) in [6, 6.07) is 1.50. The summed E-state index contributed by atoms with van der Waals surface area (Å²) in [6.07, 6.45) is -5.66. The van der Waals surface area contributed by atoms with Crippen molar-refractivity contribution in [2.24, 2.45) is 0 Å². The van der Waals surface area contributed by atoms with Crippen LogP contribution in [0.2, 0.25) is 0 Å². The third-order valence-electron chi connectivity index (χ3n) is 3.84. The Morgan fingerprint density at radius 2 is 2.12 bits per heavy atom. The largest absolute Gasteiger partial charge is 0.472 e. The van der Waals surface area contributed by atoms with Crippen LogP contribution in [0.1, 0.15) is 18.9 Å². The van der Waals surface area contributed by atoms with Gasteiger partial charge in [-0.2, -0.15) is 0 Å². The van der Waals surface area contributed by atoms with Gasteiger partial charge >= 0.3 is 7.82 Å². The van der Waals surface area contributed by atoms with Gasteiger partial charge in [0.1, 0.15) is 29.4 Å². The van der Waals surface area contributed by atoms with E-state index in [0.717, 1.165) is 0 Å². The maximum absolute atomic E-state index is 10.8. The first-order valence-corrected chi connectivity index (χ1v) is 8.52. The van der Waals surface area contributed by atoms with Gasteiger partial charge in [-0.25, -0.2) is 14.5 Å². The lowest BCUT2D eigenvalue weighted by atomic mass is 9.92. The first-order chi connectivity index (χ1) is 11.5. The molecule has 2 aromatic rings. The molecule has 7 N–H and O–H groups in total. The van der Waals surface area contributed by atoms with Crippen LogP contribution in [0.25, 0.3) is 11.1 Å². The molecule has 0 saturated carbocycles. The Kier molecular flexibility index (Phi) is 4.34. The Labute approximate surface area is 140 Å². The quantitative estimate of drug-likeness (QED) is 0.274. The van der Waals surface area contributed by atoms with Gasteiger partial charge in [0, 0.05) is 6.07 Å². The number of hydrogen-bond donors (Lipinski definition) is 6. The highest BCUT2D eigenvalue weighted by Gasteiger charge is 2.57. The Morgan fingerprint density at radius 1 is 1.44 bits per heavy atom. The van der Waals surface area contributed by atoms with Crippen molar-refractivity contribution in [1.82, 2.24) is 9.97 Å². The van der Waals surface area contributed by atoms with Gasteiger partial charge in [0.15, 0.2) is 23.5 Å². The number of fused-ring (bicyclic) bond motifs is 1. The minimum absolute atomic E-state index is 0.0330. The van der Waals surface area contributed by atoms with E-state index >= 15 is 0 Å². The number of aliphatic hydroxyl groups is 3. The molecule has 0 amide bonds. The highest BCUT2D eigenvalue weighted by atomic mass is 31.2. The molecule has 138 valence electrons. The number of phosphoric ester groups is 1. The maximum Gasteiger partial charge on any atom is 0.472 e. The molecule has 1 saturated heterocycles. The number of rotatable bonds is 4. The summed E-state index contributed by atoms with van der Waals surface area (Å²) in [5.74, 6) is -0.143. The van der Waals surface area contributed by atoms with E-state index < -0.39 is 38.0 Å². The summed E-state index contributed by atoms with van der Waals surface area (Å²) in [5.41, 5.74) is 4.29. The molecule has 25 heavy (non-hydrogen) atoms. The van der Waals surface area contributed by atoms with Crippen LogP contribution in [0.4, 0.5) is 5.82 Å². The van der Waals surface area contributed by atoms with Gasteiger partial charge in [-0.15, -0.1) is 0 Å². The fourth-order valence-corrected chi connectivity index (χ4v) is 3.03. The lowest BCUT2D eigenvalue weighted by Crippen LogP contribution is -2.46. The minimum Gasteiger partial charge on any atom is -0.459 e. The molecule has 1 fully saturated rings. The number of phosphoric acid groups is 1. The fraction of sp³-hybridized carbons (Fsp3) is 0.500. The molecule has 0 radical (unpaired) electrons. The summed E-state index contributed by atoms with van der Waals surface area (Å²) in [5, 5.41) is 30.5. The lowest BCUT2D eigenvalue weighted by Gasteiger charge is -2.26. The summed E-state index contributed by atoms with van der Waals surface area (Å²) < 4.78 is 25.4. The second-order valence-corrected chi connectivity index (χ2v) is 6.93. The van der Waals surface area contributed by atoms with E-state index in [1.807, 2.05) is 0 Å². The topological polar surface area (TPSA) is 202 Å². The van der Waals surface area contributed by atoms with Crippen LogP contribution in [0.3, 0.4) is 0 Å². The predicted octanol–water partition coefficient (Wildman–Crippen LogP) is -1.22. The first kappa shape index (κ1) is 18.2. The van der Waals surface area contributed by atoms with Gasteiger partial charge < -0.3 is 40.0 Å². The van der Waals surface area contributed by atoms with Crippen molar-refractivity contribution in [3.05, 3.63) is 18.2 Å². The van der Waals surface area contributed by atoms with Gasteiger partial charge in [-0.3, -0.25) is 4.52 Å². The van der Waals surface area contributed by atoms with Crippen LogP contribution in [0.5, 0.6) is 0 Å². The monoisotopic (exact) mass is 377 g/mol. The molecule has 0 aliphatic carbocycles. The van der Waals surface area contributed by atoms with Crippen LogP contribution in [-0.4, -0.2) is 59.2 Å². The van der Waals surface area contributed by atoms with E-state index in [1.165, 1.54) is 19.3 Å². The normalized spacial score (nSPS) is 31.5. The van der Waals surface area contributed by atoms with Crippen LogP contribution in [-0.2, 0) is 13.8 Å². The highest BCUT2D eigenvalue weighted by molar-refractivity contribution is 7.46. The molecule has 1 aliphatic heterocycles. The number of nitrogen functional groups attached to an aromatic ring is 1. The van der Waals surface area contributed by atoms with E-state index in [1.54, 1.807) is 0 Å². The molecule has 2 aromatic heterocycles. The van der Waals surface area contributed by atoms with Gasteiger partial charge in [-0.05, 0) is 6.92 Å². The number of nitrogens with zero attached hydrogens (tertiary/aromatic N) is 2. The van der Waals surface area contributed by atoms with Crippen molar-refractivity contribution in [2.45, 2.75) is 37.1 Å². The second kappa shape index (κ2) is 5.97. The van der Waals surface area contributed by atoms with Gasteiger partial charge in [0.2, 0.25) is 0 Å². The standard InChI is InChI=1S/C12H16N3O9P/c1-12(18)7(16)6(11(17)24-25(19,20)21)23-8(12)10-14-4-2-3-22-5(4)9(13)15-10/h2-3,6-8,11,16-18H,1H3,(H2,13,14,15)(H2,19,20,21)/t6-,7+,8?,11?,12+/m0/s1. The van der Waals surface area contributed by atoms with E-state index in [9.17, 15) is 19.9 Å².